The minimum Gasteiger partial charge on any atom is -0.469 e. The van der Waals surface area contributed by atoms with Crippen LogP contribution in [0.2, 0.25) is 5.02 Å². The maximum Gasteiger partial charge on any atom is 0.307 e. The number of hydrogen-bond donors (Lipinski definition) is 2. The summed E-state index contributed by atoms with van der Waals surface area (Å²) in [6.45, 7) is 3.14. The van der Waals surface area contributed by atoms with Gasteiger partial charge in [-0.05, 0) is 37.3 Å². The van der Waals surface area contributed by atoms with Crippen LogP contribution in [0.3, 0.4) is 0 Å². The largest absolute Gasteiger partial charge is 0.469 e. The fraction of sp³-hybridized carbons (Fsp3) is 0.346. The number of aliphatic imine (C=N–C) groups is 1. The van der Waals surface area contributed by atoms with E-state index in [4.69, 9.17) is 39.0 Å². The van der Waals surface area contributed by atoms with E-state index < -0.39 is 6.17 Å². The van der Waals surface area contributed by atoms with Gasteiger partial charge in [-0.15, -0.1) is 0 Å². The van der Waals surface area contributed by atoms with E-state index in [1.54, 1.807) is 24.9 Å². The molecule has 0 radical (unpaired) electrons. The Kier molecular flexibility index (Phi) is 8.09. The molecule has 0 bridgehead atoms. The molecule has 2 aromatic carbocycles. The molecule has 9 nitrogen and oxygen atoms in total. The van der Waals surface area contributed by atoms with Crippen molar-refractivity contribution in [1.82, 2.24) is 15.1 Å². The fourth-order valence-corrected chi connectivity index (χ4v) is 5.06. The highest BCUT2D eigenvalue weighted by molar-refractivity contribution is 7.80. The van der Waals surface area contributed by atoms with Gasteiger partial charge in [0.2, 0.25) is 6.17 Å². The number of hydrogen-bond acceptors (Lipinski definition) is 6. The van der Waals surface area contributed by atoms with Crippen LogP contribution in [-0.2, 0) is 14.3 Å². The number of likely N-dealkylation sites (N-methyl/N-ethyl adjacent to an activating group) is 1. The quantitative estimate of drug-likeness (QED) is 0.266. The molecule has 0 spiro atoms. The first kappa shape index (κ1) is 26.6. The zero-order valence-corrected chi connectivity index (χ0v) is 22.5. The first-order valence-electron chi connectivity index (χ1n) is 11.8. The third-order valence-electron chi connectivity index (χ3n) is 6.54. The van der Waals surface area contributed by atoms with E-state index in [2.05, 4.69) is 5.32 Å². The minimum atomic E-state index is -0.972. The molecule has 0 aliphatic carbocycles. The monoisotopic (exact) mass is 540 g/mol. The zero-order valence-electron chi connectivity index (χ0n) is 20.9. The van der Waals surface area contributed by atoms with Crippen LogP contribution in [0.25, 0.3) is 0 Å². The standard InChI is InChI=1S/C26H29ClN6O3S/c1-16(28)33-12-11-32(15-19(33)14-22(34)36-3)26(37)30-24-25(35)31(2)21-10-9-18(27)13-20(21)23(29-24)17-7-5-4-6-8-17/h4-10,13,19,24,28H,11-12,14-15H2,1-3H3,(H,30,37). The number of esters is 1. The molecule has 1 amide bonds. The zero-order chi connectivity index (χ0) is 26.7. The maximum atomic E-state index is 13.5. The van der Waals surface area contributed by atoms with Gasteiger partial charge in [0.25, 0.3) is 5.91 Å². The second-order valence-electron chi connectivity index (χ2n) is 8.91. The molecule has 2 heterocycles. The van der Waals surface area contributed by atoms with Crippen LogP contribution < -0.4 is 10.2 Å². The Balaban J connectivity index is 1.63. The number of benzodiazepines with no additional fused rings is 1. The van der Waals surface area contributed by atoms with E-state index in [-0.39, 0.29) is 24.3 Å². The van der Waals surface area contributed by atoms with E-state index in [0.29, 0.717) is 47.0 Å². The maximum absolute atomic E-state index is 13.5. The highest BCUT2D eigenvalue weighted by Gasteiger charge is 2.34. The molecule has 194 valence electrons. The third-order valence-corrected chi connectivity index (χ3v) is 7.15. The van der Waals surface area contributed by atoms with Crippen LogP contribution >= 0.6 is 23.8 Å². The van der Waals surface area contributed by atoms with Crippen LogP contribution in [-0.4, -0.2) is 84.3 Å². The molecular weight excluding hydrogens is 512 g/mol. The van der Waals surface area contributed by atoms with Crippen molar-refractivity contribution in [1.29, 1.82) is 5.41 Å². The molecule has 2 aliphatic rings. The number of carbonyl (C=O) groups is 2. The molecule has 2 atom stereocenters. The van der Waals surface area contributed by atoms with Crippen molar-refractivity contribution >= 4 is 58.0 Å². The topological polar surface area (TPSA) is 101 Å². The van der Waals surface area contributed by atoms with Gasteiger partial charge in [-0.3, -0.25) is 15.0 Å². The van der Waals surface area contributed by atoms with Gasteiger partial charge in [0, 0.05) is 42.8 Å². The second-order valence-corrected chi connectivity index (χ2v) is 9.74. The van der Waals surface area contributed by atoms with Crippen LogP contribution in [0.1, 0.15) is 24.5 Å². The summed E-state index contributed by atoms with van der Waals surface area (Å²) in [6, 6.07) is 14.7. The Morgan fingerprint density at radius 2 is 1.97 bits per heavy atom. The molecule has 0 saturated carbocycles. The number of piperazine rings is 1. The Morgan fingerprint density at radius 3 is 2.65 bits per heavy atom. The molecule has 0 aromatic heterocycles. The van der Waals surface area contributed by atoms with Crippen LogP contribution in [0.15, 0.2) is 53.5 Å². The summed E-state index contributed by atoms with van der Waals surface area (Å²) in [7, 11) is 3.05. The number of thiocarbonyl (C=S) groups is 1. The minimum absolute atomic E-state index is 0.128. The number of fused-ring (bicyclic) bond motifs is 1. The Bertz CT molecular complexity index is 1250. The average Bonchev–Trinajstić information content (AvgIpc) is 2.99. The molecule has 2 aromatic rings. The van der Waals surface area contributed by atoms with Crippen LogP contribution in [0.5, 0.6) is 0 Å². The molecule has 1 fully saturated rings. The van der Waals surface area contributed by atoms with Crippen LogP contribution in [0.4, 0.5) is 5.69 Å². The number of amidine groups is 1. The predicted molar refractivity (Wildman–Crippen MR) is 149 cm³/mol. The number of methoxy groups -OCH3 is 1. The smallest absolute Gasteiger partial charge is 0.307 e. The second kappa shape index (κ2) is 11.3. The number of anilines is 1. The number of amides is 1. The van der Waals surface area contributed by atoms with Gasteiger partial charge in [-0.25, -0.2) is 4.99 Å². The summed E-state index contributed by atoms with van der Waals surface area (Å²) in [5, 5.41) is 12.1. The van der Waals surface area contributed by atoms with Crippen molar-refractivity contribution in [3.05, 3.63) is 64.7 Å². The molecule has 2 unspecified atom stereocenters. The number of ether oxygens (including phenoxy) is 1. The van der Waals surface area contributed by atoms with Gasteiger partial charge >= 0.3 is 5.97 Å². The van der Waals surface area contributed by atoms with Crippen LogP contribution in [0, 0.1) is 5.41 Å². The summed E-state index contributed by atoms with van der Waals surface area (Å²) in [4.78, 5) is 35.7. The summed E-state index contributed by atoms with van der Waals surface area (Å²) >= 11 is 12.0. The van der Waals surface area contributed by atoms with E-state index in [1.165, 1.54) is 7.11 Å². The third kappa shape index (κ3) is 5.75. The van der Waals surface area contributed by atoms with Gasteiger partial charge in [-0.1, -0.05) is 41.9 Å². The lowest BCUT2D eigenvalue weighted by atomic mass is 10.0. The Labute approximate surface area is 226 Å². The Hall–Kier alpha value is -3.50. The lowest BCUT2D eigenvalue weighted by Crippen LogP contribution is -2.60. The highest BCUT2D eigenvalue weighted by atomic mass is 35.5. The molecule has 11 heteroatoms. The molecular formula is C26H29ClN6O3S. The number of rotatable bonds is 4. The molecule has 4 rings (SSSR count). The van der Waals surface area contributed by atoms with E-state index in [0.717, 1.165) is 11.1 Å². The lowest BCUT2D eigenvalue weighted by molar-refractivity contribution is -0.142. The van der Waals surface area contributed by atoms with Crippen molar-refractivity contribution < 1.29 is 14.3 Å². The number of halogens is 1. The van der Waals surface area contributed by atoms with Gasteiger partial charge in [0.1, 0.15) is 0 Å². The lowest BCUT2D eigenvalue weighted by Gasteiger charge is -2.43. The average molecular weight is 541 g/mol. The predicted octanol–water partition coefficient (Wildman–Crippen LogP) is 2.90. The van der Waals surface area contributed by atoms with Gasteiger partial charge < -0.3 is 24.8 Å². The Morgan fingerprint density at radius 1 is 1.24 bits per heavy atom. The summed E-state index contributed by atoms with van der Waals surface area (Å²) in [6.07, 6.45) is -0.844. The fourth-order valence-electron chi connectivity index (χ4n) is 4.61. The summed E-state index contributed by atoms with van der Waals surface area (Å²) < 4.78 is 4.85. The normalized spacial score (nSPS) is 19.5. The van der Waals surface area contributed by atoms with E-state index in [9.17, 15) is 9.59 Å². The van der Waals surface area contributed by atoms with E-state index >= 15 is 0 Å². The molecule has 2 aliphatic heterocycles. The molecule has 1 saturated heterocycles. The van der Waals surface area contributed by atoms with Crippen molar-refractivity contribution in [3.63, 3.8) is 0 Å². The van der Waals surface area contributed by atoms with E-state index in [1.807, 2.05) is 52.3 Å². The first-order valence-corrected chi connectivity index (χ1v) is 12.6. The SMILES string of the molecule is COC(=O)CC1CN(C(=S)NC2N=C(c3ccccc3)c3cc(Cl)ccc3N(C)C2=O)CCN1C(C)=N. The number of nitrogens with one attached hydrogen (secondary N) is 2. The van der Waals surface area contributed by atoms with Crippen molar-refractivity contribution in [2.45, 2.75) is 25.6 Å². The van der Waals surface area contributed by atoms with Crippen molar-refractivity contribution in [3.8, 4) is 0 Å². The van der Waals surface area contributed by atoms with Gasteiger partial charge in [0.15, 0.2) is 5.11 Å². The number of carbonyl (C=O) groups excluding carboxylic acids is 2. The van der Waals surface area contributed by atoms with Gasteiger partial charge in [0.05, 0.1) is 36.8 Å². The first-order chi connectivity index (χ1) is 17.7. The van der Waals surface area contributed by atoms with Crippen molar-refractivity contribution in [2.24, 2.45) is 4.99 Å². The summed E-state index contributed by atoms with van der Waals surface area (Å²) in [5.41, 5.74) is 2.92. The number of nitrogens with zero attached hydrogens (tertiary/aromatic N) is 4. The highest BCUT2D eigenvalue weighted by Crippen LogP contribution is 2.30. The molecule has 37 heavy (non-hydrogen) atoms. The van der Waals surface area contributed by atoms with Gasteiger partial charge in [-0.2, -0.15) is 0 Å². The van der Waals surface area contributed by atoms with Crippen molar-refractivity contribution in [2.75, 3.05) is 38.7 Å². The summed E-state index contributed by atoms with van der Waals surface area (Å²) in [5.74, 6) is -0.246. The molecule has 2 N–H and O–H groups in total. The number of benzene rings is 2.